The van der Waals surface area contributed by atoms with Gasteiger partial charge in [0.15, 0.2) is 0 Å². The first kappa shape index (κ1) is 15.9. The van der Waals surface area contributed by atoms with Crippen LogP contribution in [-0.2, 0) is 23.1 Å². The van der Waals surface area contributed by atoms with Crippen LogP contribution in [-0.4, -0.2) is 42.1 Å². The van der Waals surface area contributed by atoms with Crippen LogP contribution in [0.25, 0.3) is 0 Å². The highest BCUT2D eigenvalue weighted by atomic mass is 32.2. The van der Waals surface area contributed by atoms with Crippen molar-refractivity contribution in [3.63, 3.8) is 0 Å². The highest BCUT2D eigenvalue weighted by molar-refractivity contribution is 7.89. The number of sulfonamides is 1. The molecule has 7 heteroatoms. The summed E-state index contributed by atoms with van der Waals surface area (Å²) < 4.78 is 27.8. The molecule has 108 valence electrons. The van der Waals surface area contributed by atoms with Gasteiger partial charge in [0.1, 0.15) is 4.90 Å². The fourth-order valence-electron chi connectivity index (χ4n) is 1.85. The maximum atomic E-state index is 12.4. The Kier molecular flexibility index (Phi) is 5.74. The molecule has 19 heavy (non-hydrogen) atoms. The quantitative estimate of drug-likeness (QED) is 0.665. The SMILES string of the molecule is C=CCN(CCO)S(=O)(=O)c1cc(CN)n(CC)c1. The van der Waals surface area contributed by atoms with Gasteiger partial charge in [-0.05, 0) is 13.0 Å². The van der Waals surface area contributed by atoms with Gasteiger partial charge in [-0.2, -0.15) is 4.31 Å². The molecule has 0 spiro atoms. The van der Waals surface area contributed by atoms with Crippen LogP contribution in [0.4, 0.5) is 0 Å². The van der Waals surface area contributed by atoms with Gasteiger partial charge < -0.3 is 15.4 Å². The second kappa shape index (κ2) is 6.85. The third kappa shape index (κ3) is 3.44. The number of nitrogens with two attached hydrogens (primary N) is 1. The van der Waals surface area contributed by atoms with Crippen LogP contribution < -0.4 is 5.73 Å². The summed E-state index contributed by atoms with van der Waals surface area (Å²) in [5.74, 6) is 0. The van der Waals surface area contributed by atoms with Crippen LogP contribution in [0, 0.1) is 0 Å². The Morgan fingerprint density at radius 1 is 1.58 bits per heavy atom. The zero-order valence-electron chi connectivity index (χ0n) is 11.1. The van der Waals surface area contributed by atoms with E-state index in [2.05, 4.69) is 6.58 Å². The number of aromatic nitrogens is 1. The van der Waals surface area contributed by atoms with Crippen molar-refractivity contribution in [2.24, 2.45) is 5.73 Å². The van der Waals surface area contributed by atoms with E-state index in [0.717, 1.165) is 5.69 Å². The van der Waals surface area contributed by atoms with Gasteiger partial charge >= 0.3 is 0 Å². The highest BCUT2D eigenvalue weighted by Crippen LogP contribution is 2.19. The molecule has 0 aliphatic heterocycles. The van der Waals surface area contributed by atoms with Gasteiger partial charge in [0.25, 0.3) is 0 Å². The van der Waals surface area contributed by atoms with Crippen LogP contribution in [0.3, 0.4) is 0 Å². The molecule has 0 saturated heterocycles. The summed E-state index contributed by atoms with van der Waals surface area (Å²) in [5.41, 5.74) is 6.36. The van der Waals surface area contributed by atoms with Crippen LogP contribution in [0.5, 0.6) is 0 Å². The molecule has 3 N–H and O–H groups in total. The van der Waals surface area contributed by atoms with E-state index in [0.29, 0.717) is 6.54 Å². The number of nitrogens with zero attached hydrogens (tertiary/aromatic N) is 2. The zero-order chi connectivity index (χ0) is 14.5. The van der Waals surface area contributed by atoms with Crippen LogP contribution in [0.15, 0.2) is 29.8 Å². The third-order valence-electron chi connectivity index (χ3n) is 2.83. The standard InChI is InChI=1S/C12H21N3O3S/c1-3-5-15(6-7-16)19(17,18)12-8-11(9-13)14(4-2)10-12/h3,8,10,16H,1,4-7,9,13H2,2H3. The Morgan fingerprint density at radius 3 is 2.68 bits per heavy atom. The second-order valence-electron chi connectivity index (χ2n) is 4.03. The molecule has 0 aliphatic carbocycles. The molecule has 0 aromatic carbocycles. The van der Waals surface area contributed by atoms with Crippen LogP contribution in [0.1, 0.15) is 12.6 Å². The minimum atomic E-state index is -3.62. The molecule has 1 aromatic rings. The number of aryl methyl sites for hydroxylation is 1. The van der Waals surface area contributed by atoms with Crippen molar-refractivity contribution in [2.45, 2.75) is 24.9 Å². The lowest BCUT2D eigenvalue weighted by Gasteiger charge is -2.18. The van der Waals surface area contributed by atoms with Crippen molar-refractivity contribution in [1.29, 1.82) is 0 Å². The fourth-order valence-corrected chi connectivity index (χ4v) is 3.31. The lowest BCUT2D eigenvalue weighted by molar-refractivity contribution is 0.260. The van der Waals surface area contributed by atoms with Gasteiger partial charge in [-0.15, -0.1) is 6.58 Å². The Bertz CT molecular complexity index is 501. The Morgan fingerprint density at radius 2 is 2.26 bits per heavy atom. The van der Waals surface area contributed by atoms with Gasteiger partial charge in [0.05, 0.1) is 6.61 Å². The first-order valence-corrected chi connectivity index (χ1v) is 7.56. The van der Waals surface area contributed by atoms with E-state index in [1.807, 2.05) is 6.92 Å². The molecular formula is C12H21N3O3S. The molecule has 0 bridgehead atoms. The van der Waals surface area contributed by atoms with Crippen molar-refractivity contribution < 1.29 is 13.5 Å². The third-order valence-corrected chi connectivity index (χ3v) is 4.66. The Labute approximate surface area is 114 Å². The average Bonchev–Trinajstić information content (AvgIpc) is 2.82. The van der Waals surface area contributed by atoms with Gasteiger partial charge in [-0.3, -0.25) is 0 Å². The van der Waals surface area contributed by atoms with Gasteiger partial charge in [0.2, 0.25) is 10.0 Å². The summed E-state index contributed by atoms with van der Waals surface area (Å²) in [5, 5.41) is 8.96. The van der Waals surface area contributed by atoms with E-state index < -0.39 is 10.0 Å². The molecule has 0 radical (unpaired) electrons. The Balaban J connectivity index is 3.16. The minimum absolute atomic E-state index is 0.0453. The summed E-state index contributed by atoms with van der Waals surface area (Å²) in [6.07, 6.45) is 3.07. The topological polar surface area (TPSA) is 88.6 Å². The zero-order valence-corrected chi connectivity index (χ0v) is 11.9. The summed E-state index contributed by atoms with van der Waals surface area (Å²) in [6, 6.07) is 1.58. The number of aliphatic hydroxyl groups excluding tert-OH is 1. The lowest BCUT2D eigenvalue weighted by Crippen LogP contribution is -2.33. The predicted molar refractivity (Wildman–Crippen MR) is 74.0 cm³/mol. The van der Waals surface area contributed by atoms with Gasteiger partial charge in [-0.1, -0.05) is 6.08 Å². The van der Waals surface area contributed by atoms with Crippen molar-refractivity contribution >= 4 is 10.0 Å². The van der Waals surface area contributed by atoms with E-state index >= 15 is 0 Å². The minimum Gasteiger partial charge on any atom is -0.395 e. The van der Waals surface area contributed by atoms with Crippen LogP contribution in [0.2, 0.25) is 0 Å². The second-order valence-corrected chi connectivity index (χ2v) is 5.97. The normalized spacial score (nSPS) is 12.0. The molecule has 0 saturated carbocycles. The smallest absolute Gasteiger partial charge is 0.244 e. The Hall–Kier alpha value is -1.15. The predicted octanol–water partition coefficient (Wildman–Crippen LogP) is 0.136. The maximum Gasteiger partial charge on any atom is 0.244 e. The molecule has 0 aliphatic rings. The van der Waals surface area contributed by atoms with Gasteiger partial charge in [0, 0.05) is 38.1 Å². The number of aliphatic hydroxyl groups is 1. The average molecular weight is 287 g/mol. The maximum absolute atomic E-state index is 12.4. The molecule has 1 rings (SSSR count). The molecule has 0 unspecified atom stereocenters. The number of hydrogen-bond acceptors (Lipinski definition) is 4. The van der Waals surface area contributed by atoms with E-state index in [-0.39, 0.29) is 31.1 Å². The number of rotatable bonds is 8. The van der Waals surface area contributed by atoms with Crippen molar-refractivity contribution in [3.05, 3.63) is 30.6 Å². The highest BCUT2D eigenvalue weighted by Gasteiger charge is 2.25. The van der Waals surface area contributed by atoms with Crippen molar-refractivity contribution in [3.8, 4) is 0 Å². The van der Waals surface area contributed by atoms with E-state index in [9.17, 15) is 8.42 Å². The largest absolute Gasteiger partial charge is 0.395 e. The van der Waals surface area contributed by atoms with Crippen molar-refractivity contribution in [2.75, 3.05) is 19.7 Å². The van der Waals surface area contributed by atoms with Crippen molar-refractivity contribution in [1.82, 2.24) is 8.87 Å². The molecule has 0 atom stereocenters. The summed E-state index contributed by atoms with van der Waals surface area (Å²) >= 11 is 0. The summed E-state index contributed by atoms with van der Waals surface area (Å²) in [7, 11) is -3.62. The fraction of sp³-hybridized carbons (Fsp3) is 0.500. The molecule has 0 amide bonds. The molecule has 1 aromatic heterocycles. The van der Waals surface area contributed by atoms with E-state index in [4.69, 9.17) is 10.8 Å². The summed E-state index contributed by atoms with van der Waals surface area (Å²) in [4.78, 5) is 0.199. The van der Waals surface area contributed by atoms with Gasteiger partial charge in [-0.25, -0.2) is 8.42 Å². The molecule has 6 nitrogen and oxygen atoms in total. The summed E-state index contributed by atoms with van der Waals surface area (Å²) in [6.45, 7) is 6.37. The first-order valence-electron chi connectivity index (χ1n) is 6.12. The molecular weight excluding hydrogens is 266 g/mol. The molecule has 0 fully saturated rings. The van der Waals surface area contributed by atoms with E-state index in [1.165, 1.54) is 10.4 Å². The monoisotopic (exact) mass is 287 g/mol. The van der Waals surface area contributed by atoms with E-state index in [1.54, 1.807) is 16.8 Å². The number of hydrogen-bond donors (Lipinski definition) is 2. The molecule has 1 heterocycles. The first-order chi connectivity index (χ1) is 9.01. The van der Waals surface area contributed by atoms with Crippen LogP contribution >= 0.6 is 0 Å². The lowest BCUT2D eigenvalue weighted by atomic mass is 10.4.